The zero-order chi connectivity index (χ0) is 21.1. The van der Waals surface area contributed by atoms with E-state index >= 15 is 0 Å². The van der Waals surface area contributed by atoms with Gasteiger partial charge in [0.25, 0.3) is 5.91 Å². The SMILES string of the molecule is CC(C)COc1cccc(C(=O)Nc2ccc3oc(-c4ccc(F)cc4)nc3c2)c1. The van der Waals surface area contributed by atoms with E-state index in [9.17, 15) is 9.18 Å². The maximum atomic E-state index is 13.1. The fourth-order valence-corrected chi connectivity index (χ4v) is 2.91. The average Bonchev–Trinajstić information content (AvgIpc) is 3.16. The molecule has 0 radical (unpaired) electrons. The number of carbonyl (C=O) groups is 1. The third-order valence-electron chi connectivity index (χ3n) is 4.42. The number of amides is 1. The molecule has 1 aromatic heterocycles. The number of hydrogen-bond donors (Lipinski definition) is 1. The van der Waals surface area contributed by atoms with Crippen LogP contribution in [0.5, 0.6) is 5.75 Å². The summed E-state index contributed by atoms with van der Waals surface area (Å²) in [6.07, 6.45) is 0. The number of nitrogens with one attached hydrogen (secondary N) is 1. The molecule has 30 heavy (non-hydrogen) atoms. The molecule has 1 N–H and O–H groups in total. The van der Waals surface area contributed by atoms with Gasteiger partial charge in [0, 0.05) is 16.8 Å². The average molecular weight is 404 g/mol. The van der Waals surface area contributed by atoms with Crippen molar-refractivity contribution in [3.05, 3.63) is 78.1 Å². The van der Waals surface area contributed by atoms with E-state index in [0.29, 0.717) is 52.1 Å². The van der Waals surface area contributed by atoms with Crippen LogP contribution < -0.4 is 10.1 Å². The van der Waals surface area contributed by atoms with Crippen molar-refractivity contribution in [1.29, 1.82) is 0 Å². The number of anilines is 1. The van der Waals surface area contributed by atoms with Gasteiger partial charge in [0.05, 0.1) is 6.61 Å². The van der Waals surface area contributed by atoms with Gasteiger partial charge in [-0.25, -0.2) is 9.37 Å². The van der Waals surface area contributed by atoms with Crippen molar-refractivity contribution in [3.63, 3.8) is 0 Å². The third-order valence-corrected chi connectivity index (χ3v) is 4.42. The largest absolute Gasteiger partial charge is 0.493 e. The molecule has 1 amide bonds. The molecule has 0 aliphatic rings. The van der Waals surface area contributed by atoms with Crippen molar-refractivity contribution in [2.45, 2.75) is 13.8 Å². The summed E-state index contributed by atoms with van der Waals surface area (Å²) in [4.78, 5) is 17.1. The first-order valence-electron chi connectivity index (χ1n) is 9.69. The van der Waals surface area contributed by atoms with Gasteiger partial charge in [0.2, 0.25) is 5.89 Å². The summed E-state index contributed by atoms with van der Waals surface area (Å²) < 4.78 is 24.6. The number of aromatic nitrogens is 1. The van der Waals surface area contributed by atoms with Crippen LogP contribution in [0.15, 0.2) is 71.1 Å². The lowest BCUT2D eigenvalue weighted by molar-refractivity contribution is 0.102. The Morgan fingerprint density at radius 3 is 2.67 bits per heavy atom. The Labute approximate surface area is 173 Å². The minimum Gasteiger partial charge on any atom is -0.493 e. The number of fused-ring (bicyclic) bond motifs is 1. The van der Waals surface area contributed by atoms with E-state index in [0.717, 1.165) is 0 Å². The molecule has 0 fully saturated rings. The number of carbonyl (C=O) groups excluding carboxylic acids is 1. The highest BCUT2D eigenvalue weighted by Gasteiger charge is 2.12. The quantitative estimate of drug-likeness (QED) is 0.433. The topological polar surface area (TPSA) is 64.4 Å². The zero-order valence-electron chi connectivity index (χ0n) is 16.7. The summed E-state index contributed by atoms with van der Waals surface area (Å²) >= 11 is 0. The molecular weight excluding hydrogens is 383 g/mol. The lowest BCUT2D eigenvalue weighted by Gasteiger charge is -2.10. The Bertz CT molecular complexity index is 1180. The summed E-state index contributed by atoms with van der Waals surface area (Å²) in [6.45, 7) is 4.72. The molecule has 3 aromatic carbocycles. The standard InChI is InChI=1S/C24H21FN2O3/c1-15(2)14-29-20-5-3-4-17(12-20)23(28)26-19-10-11-22-21(13-19)27-24(30-22)16-6-8-18(25)9-7-16/h3-13,15H,14H2,1-2H3,(H,26,28). The molecule has 1 heterocycles. The second kappa shape index (κ2) is 8.37. The van der Waals surface area contributed by atoms with E-state index in [2.05, 4.69) is 24.1 Å². The molecule has 0 aliphatic carbocycles. The van der Waals surface area contributed by atoms with Crippen LogP contribution in [0.2, 0.25) is 0 Å². The van der Waals surface area contributed by atoms with E-state index in [1.165, 1.54) is 12.1 Å². The van der Waals surface area contributed by atoms with Crippen molar-refractivity contribution in [1.82, 2.24) is 4.98 Å². The first kappa shape index (κ1) is 19.6. The van der Waals surface area contributed by atoms with Gasteiger partial charge < -0.3 is 14.5 Å². The predicted molar refractivity (Wildman–Crippen MR) is 114 cm³/mol. The highest BCUT2D eigenvalue weighted by atomic mass is 19.1. The third kappa shape index (κ3) is 4.49. The Morgan fingerprint density at radius 2 is 1.90 bits per heavy atom. The minimum atomic E-state index is -0.321. The maximum Gasteiger partial charge on any atom is 0.255 e. The molecule has 0 atom stereocenters. The summed E-state index contributed by atoms with van der Waals surface area (Å²) in [5.74, 6) is 0.886. The summed E-state index contributed by atoms with van der Waals surface area (Å²) in [7, 11) is 0. The smallest absolute Gasteiger partial charge is 0.255 e. The van der Waals surface area contributed by atoms with Crippen LogP contribution in [0.4, 0.5) is 10.1 Å². The highest BCUT2D eigenvalue weighted by Crippen LogP contribution is 2.26. The van der Waals surface area contributed by atoms with Crippen molar-refractivity contribution >= 4 is 22.7 Å². The molecule has 0 saturated carbocycles. The van der Waals surface area contributed by atoms with E-state index in [1.54, 1.807) is 48.5 Å². The van der Waals surface area contributed by atoms with Gasteiger partial charge in [0.15, 0.2) is 5.58 Å². The lowest BCUT2D eigenvalue weighted by Crippen LogP contribution is -2.12. The van der Waals surface area contributed by atoms with Crippen LogP contribution in [0.25, 0.3) is 22.6 Å². The second-order valence-corrected chi connectivity index (χ2v) is 7.40. The first-order valence-corrected chi connectivity index (χ1v) is 9.69. The Kier molecular flexibility index (Phi) is 5.48. The number of oxazole rings is 1. The molecule has 0 spiro atoms. The molecule has 4 aromatic rings. The van der Waals surface area contributed by atoms with Gasteiger partial charge in [-0.1, -0.05) is 19.9 Å². The molecule has 0 aliphatic heterocycles. The minimum absolute atomic E-state index is 0.244. The molecule has 0 bridgehead atoms. The molecule has 0 unspecified atom stereocenters. The van der Waals surface area contributed by atoms with E-state index in [-0.39, 0.29) is 11.7 Å². The number of rotatable bonds is 6. The van der Waals surface area contributed by atoms with Crippen LogP contribution in [-0.2, 0) is 0 Å². The number of nitrogens with zero attached hydrogens (tertiary/aromatic N) is 1. The molecule has 6 heteroatoms. The van der Waals surface area contributed by atoms with Gasteiger partial charge in [-0.3, -0.25) is 4.79 Å². The van der Waals surface area contributed by atoms with Gasteiger partial charge in [0.1, 0.15) is 17.1 Å². The molecule has 0 saturated heterocycles. The first-order chi connectivity index (χ1) is 14.5. The molecule has 4 rings (SSSR count). The lowest BCUT2D eigenvalue weighted by atomic mass is 10.2. The number of benzene rings is 3. The van der Waals surface area contributed by atoms with Crippen molar-refractivity contribution in [3.8, 4) is 17.2 Å². The molecular formula is C24H21FN2O3. The summed E-state index contributed by atoms with van der Waals surface area (Å²) in [5, 5.41) is 2.87. The summed E-state index contributed by atoms with van der Waals surface area (Å²) in [5.41, 5.74) is 2.96. The number of halogens is 1. The van der Waals surface area contributed by atoms with Crippen LogP contribution in [0.1, 0.15) is 24.2 Å². The molecule has 5 nitrogen and oxygen atoms in total. The van der Waals surface area contributed by atoms with Gasteiger partial charge in [-0.15, -0.1) is 0 Å². The summed E-state index contributed by atoms with van der Waals surface area (Å²) in [6, 6.07) is 18.2. The van der Waals surface area contributed by atoms with Crippen LogP contribution in [0.3, 0.4) is 0 Å². The predicted octanol–water partition coefficient (Wildman–Crippen LogP) is 5.92. The Hall–Kier alpha value is -3.67. The van der Waals surface area contributed by atoms with Gasteiger partial charge >= 0.3 is 0 Å². The highest BCUT2D eigenvalue weighted by molar-refractivity contribution is 6.05. The van der Waals surface area contributed by atoms with E-state index in [4.69, 9.17) is 9.15 Å². The van der Waals surface area contributed by atoms with E-state index in [1.807, 2.05) is 6.07 Å². The monoisotopic (exact) mass is 404 g/mol. The van der Waals surface area contributed by atoms with Crippen LogP contribution in [0, 0.1) is 11.7 Å². The fraction of sp³-hybridized carbons (Fsp3) is 0.167. The van der Waals surface area contributed by atoms with Crippen molar-refractivity contribution in [2.75, 3.05) is 11.9 Å². The van der Waals surface area contributed by atoms with Gasteiger partial charge in [-0.2, -0.15) is 0 Å². The Morgan fingerprint density at radius 1 is 1.10 bits per heavy atom. The Balaban J connectivity index is 1.52. The molecule has 152 valence electrons. The number of ether oxygens (including phenoxy) is 1. The maximum absolute atomic E-state index is 13.1. The second-order valence-electron chi connectivity index (χ2n) is 7.40. The van der Waals surface area contributed by atoms with Crippen molar-refractivity contribution in [2.24, 2.45) is 5.92 Å². The zero-order valence-corrected chi connectivity index (χ0v) is 16.7. The van der Waals surface area contributed by atoms with Crippen LogP contribution in [-0.4, -0.2) is 17.5 Å². The van der Waals surface area contributed by atoms with E-state index < -0.39 is 0 Å². The fourth-order valence-electron chi connectivity index (χ4n) is 2.91. The normalized spacial score (nSPS) is 11.1. The van der Waals surface area contributed by atoms with Crippen molar-refractivity contribution < 1.29 is 18.3 Å². The van der Waals surface area contributed by atoms with Crippen LogP contribution >= 0.6 is 0 Å². The van der Waals surface area contributed by atoms with Gasteiger partial charge in [-0.05, 0) is 66.6 Å². The number of hydrogen-bond acceptors (Lipinski definition) is 4.